The summed E-state index contributed by atoms with van der Waals surface area (Å²) in [4.78, 5) is 11.8. The van der Waals surface area contributed by atoms with E-state index >= 15 is 0 Å². The van der Waals surface area contributed by atoms with E-state index in [2.05, 4.69) is 0 Å². The van der Waals surface area contributed by atoms with Crippen molar-refractivity contribution in [3.05, 3.63) is 57.2 Å². The number of esters is 1. The van der Waals surface area contributed by atoms with Crippen molar-refractivity contribution in [1.29, 1.82) is 0 Å². The van der Waals surface area contributed by atoms with Crippen LogP contribution in [0.25, 0.3) is 0 Å². The zero-order chi connectivity index (χ0) is 20.0. The first-order chi connectivity index (χ1) is 12.7. The van der Waals surface area contributed by atoms with Gasteiger partial charge in [-0.25, -0.2) is 4.79 Å². The van der Waals surface area contributed by atoms with Gasteiger partial charge < -0.3 is 9.47 Å². The van der Waals surface area contributed by atoms with Crippen LogP contribution in [0.4, 0.5) is 0 Å². The number of carbonyl (C=O) groups excluding carboxylic acids is 1. The average Bonchev–Trinajstić information content (AvgIpc) is 2.60. The molecule has 1 atom stereocenters. The van der Waals surface area contributed by atoms with E-state index in [0.717, 1.165) is 5.56 Å². The molecule has 1 unspecified atom stereocenters. The minimum absolute atomic E-state index is 0.0415. The summed E-state index contributed by atoms with van der Waals surface area (Å²) in [6.07, 6.45) is -0.683. The number of halogens is 1. The largest absolute Gasteiger partial charge is 0.490 e. The minimum Gasteiger partial charge on any atom is -0.490 e. The second kappa shape index (κ2) is 9.52. The maximum absolute atomic E-state index is 12.3. The Kier molecular flexibility index (Phi) is 7.63. The van der Waals surface area contributed by atoms with Crippen LogP contribution in [0, 0.1) is 10.5 Å². The molecule has 0 aliphatic rings. The molecule has 0 spiro atoms. The van der Waals surface area contributed by atoms with Crippen molar-refractivity contribution in [2.24, 2.45) is 0 Å². The first-order valence-corrected chi connectivity index (χ1v) is 10.8. The monoisotopic (exact) mass is 504 g/mol. The highest BCUT2D eigenvalue weighted by molar-refractivity contribution is 14.1. The molecule has 0 aromatic heterocycles. The van der Waals surface area contributed by atoms with Gasteiger partial charge in [0.1, 0.15) is 18.5 Å². The van der Waals surface area contributed by atoms with Crippen molar-refractivity contribution >= 4 is 38.7 Å². The Morgan fingerprint density at radius 2 is 1.81 bits per heavy atom. The SMILES string of the molecule is CCOC(=O)c1ccc(OCC(C)OS(=O)(=O)c2ccc(C)cc2)c(I)c1. The molecule has 0 radical (unpaired) electrons. The van der Waals surface area contributed by atoms with Crippen molar-refractivity contribution in [3.8, 4) is 5.75 Å². The predicted octanol–water partition coefficient (Wildman–Crippen LogP) is 3.95. The fourth-order valence-corrected chi connectivity index (χ4v) is 3.91. The summed E-state index contributed by atoms with van der Waals surface area (Å²) in [6, 6.07) is 11.3. The number of rotatable bonds is 8. The first-order valence-electron chi connectivity index (χ1n) is 8.32. The molecule has 27 heavy (non-hydrogen) atoms. The first kappa shape index (κ1) is 21.6. The van der Waals surface area contributed by atoms with Crippen LogP contribution in [0.15, 0.2) is 47.4 Å². The highest BCUT2D eigenvalue weighted by atomic mass is 127. The molecular weight excluding hydrogens is 483 g/mol. The van der Waals surface area contributed by atoms with Crippen LogP contribution in [-0.2, 0) is 19.0 Å². The number of ether oxygens (including phenoxy) is 2. The molecule has 0 fully saturated rings. The second-order valence-electron chi connectivity index (χ2n) is 5.85. The third-order valence-corrected chi connectivity index (χ3v) is 5.79. The average molecular weight is 504 g/mol. The minimum atomic E-state index is -3.86. The number of benzene rings is 2. The standard InChI is InChI=1S/C19H21IO6S/c1-4-24-19(21)15-7-10-18(17(20)11-15)25-12-14(3)26-27(22,23)16-8-5-13(2)6-9-16/h5-11,14H,4,12H2,1-3H3. The zero-order valence-corrected chi connectivity index (χ0v) is 18.2. The van der Waals surface area contributed by atoms with Gasteiger partial charge in [0, 0.05) is 0 Å². The van der Waals surface area contributed by atoms with E-state index in [1.807, 2.05) is 29.5 Å². The quantitative estimate of drug-likeness (QED) is 0.308. The molecule has 0 amide bonds. The van der Waals surface area contributed by atoms with Gasteiger partial charge in [-0.05, 0) is 73.7 Å². The van der Waals surface area contributed by atoms with Gasteiger partial charge in [-0.1, -0.05) is 17.7 Å². The number of aryl methyl sites for hydroxylation is 1. The van der Waals surface area contributed by atoms with Crippen LogP contribution in [0.2, 0.25) is 0 Å². The Morgan fingerprint density at radius 3 is 2.41 bits per heavy atom. The lowest BCUT2D eigenvalue weighted by atomic mass is 10.2. The molecule has 0 bridgehead atoms. The summed E-state index contributed by atoms with van der Waals surface area (Å²) in [6.45, 7) is 5.58. The lowest BCUT2D eigenvalue weighted by Gasteiger charge is -2.15. The predicted molar refractivity (Wildman–Crippen MR) is 110 cm³/mol. The van der Waals surface area contributed by atoms with E-state index in [1.54, 1.807) is 44.2 Å². The van der Waals surface area contributed by atoms with Crippen molar-refractivity contribution < 1.29 is 26.9 Å². The van der Waals surface area contributed by atoms with Gasteiger partial charge in [0.05, 0.1) is 20.6 Å². The van der Waals surface area contributed by atoms with Crippen molar-refractivity contribution in [2.75, 3.05) is 13.2 Å². The Morgan fingerprint density at radius 1 is 1.15 bits per heavy atom. The van der Waals surface area contributed by atoms with Gasteiger partial charge >= 0.3 is 5.97 Å². The molecule has 0 heterocycles. The van der Waals surface area contributed by atoms with Gasteiger partial charge in [-0.15, -0.1) is 0 Å². The fraction of sp³-hybridized carbons (Fsp3) is 0.316. The lowest BCUT2D eigenvalue weighted by molar-refractivity contribution is 0.0526. The van der Waals surface area contributed by atoms with Crippen molar-refractivity contribution in [2.45, 2.75) is 31.8 Å². The van der Waals surface area contributed by atoms with Crippen LogP contribution in [0.5, 0.6) is 5.75 Å². The summed E-state index contributed by atoms with van der Waals surface area (Å²) in [5.74, 6) is 0.134. The van der Waals surface area contributed by atoms with Crippen LogP contribution in [0.1, 0.15) is 29.8 Å². The molecule has 2 rings (SSSR count). The Bertz CT molecular complexity index is 893. The van der Waals surface area contributed by atoms with Crippen LogP contribution >= 0.6 is 22.6 Å². The van der Waals surface area contributed by atoms with Crippen LogP contribution in [0.3, 0.4) is 0 Å². The summed E-state index contributed by atoms with van der Waals surface area (Å²) in [5, 5.41) is 0. The van der Waals surface area contributed by atoms with Crippen molar-refractivity contribution in [1.82, 2.24) is 0 Å². The molecule has 0 saturated heterocycles. The molecule has 0 aliphatic carbocycles. The number of hydrogen-bond acceptors (Lipinski definition) is 6. The van der Waals surface area contributed by atoms with E-state index < -0.39 is 22.2 Å². The van der Waals surface area contributed by atoms with Gasteiger partial charge in [0.15, 0.2) is 0 Å². The van der Waals surface area contributed by atoms with E-state index in [1.165, 1.54) is 12.1 Å². The molecule has 146 valence electrons. The molecule has 2 aromatic rings. The zero-order valence-electron chi connectivity index (χ0n) is 15.3. The number of carbonyl (C=O) groups is 1. The van der Waals surface area contributed by atoms with Gasteiger partial charge in [-0.2, -0.15) is 8.42 Å². The molecule has 0 saturated carbocycles. The van der Waals surface area contributed by atoms with E-state index in [4.69, 9.17) is 13.7 Å². The molecule has 0 N–H and O–H groups in total. The normalized spacial score (nSPS) is 12.4. The summed E-state index contributed by atoms with van der Waals surface area (Å²) in [7, 11) is -3.86. The smallest absolute Gasteiger partial charge is 0.338 e. The Hall–Kier alpha value is -1.65. The van der Waals surface area contributed by atoms with Gasteiger partial charge in [0.2, 0.25) is 0 Å². The third kappa shape index (κ3) is 6.18. The highest BCUT2D eigenvalue weighted by Gasteiger charge is 2.20. The van der Waals surface area contributed by atoms with E-state index in [-0.39, 0.29) is 11.5 Å². The molecule has 2 aromatic carbocycles. The maximum atomic E-state index is 12.3. The summed E-state index contributed by atoms with van der Waals surface area (Å²) in [5.41, 5.74) is 1.39. The van der Waals surface area contributed by atoms with Crippen LogP contribution in [-0.4, -0.2) is 33.7 Å². The topological polar surface area (TPSA) is 78.9 Å². The lowest BCUT2D eigenvalue weighted by Crippen LogP contribution is -2.22. The Balaban J connectivity index is 1.98. The highest BCUT2D eigenvalue weighted by Crippen LogP contribution is 2.23. The number of hydrogen-bond donors (Lipinski definition) is 0. The summed E-state index contributed by atoms with van der Waals surface area (Å²) >= 11 is 2.04. The summed E-state index contributed by atoms with van der Waals surface area (Å²) < 4.78 is 41.1. The third-order valence-electron chi connectivity index (χ3n) is 3.52. The second-order valence-corrected chi connectivity index (χ2v) is 8.58. The van der Waals surface area contributed by atoms with E-state index in [9.17, 15) is 13.2 Å². The maximum Gasteiger partial charge on any atom is 0.338 e. The van der Waals surface area contributed by atoms with Crippen molar-refractivity contribution in [3.63, 3.8) is 0 Å². The molecule has 8 heteroatoms. The Labute approximate surface area is 173 Å². The van der Waals surface area contributed by atoms with Crippen LogP contribution < -0.4 is 4.74 Å². The van der Waals surface area contributed by atoms with Gasteiger partial charge in [-0.3, -0.25) is 4.18 Å². The molecule has 0 aliphatic heterocycles. The fourth-order valence-electron chi connectivity index (χ4n) is 2.17. The molecular formula is C19H21IO6S. The van der Waals surface area contributed by atoms with E-state index in [0.29, 0.717) is 21.5 Å². The van der Waals surface area contributed by atoms with Gasteiger partial charge in [0.25, 0.3) is 10.1 Å². The molecule has 6 nitrogen and oxygen atoms in total.